The summed E-state index contributed by atoms with van der Waals surface area (Å²) in [6.07, 6.45) is 0. The summed E-state index contributed by atoms with van der Waals surface area (Å²) in [6.45, 7) is 4.75. The van der Waals surface area contributed by atoms with Crippen LogP contribution in [-0.2, 0) is 0 Å². The highest BCUT2D eigenvalue weighted by Crippen LogP contribution is 1.83. The van der Waals surface area contributed by atoms with Gasteiger partial charge in [0.25, 0.3) is 0 Å². The molecule has 0 nitrogen and oxygen atoms in total. The highest BCUT2D eigenvalue weighted by molar-refractivity contribution is 7.41. The minimum atomic E-state index is -0.0257. The zero-order chi connectivity index (χ0) is 8.10. The maximum Gasteiger partial charge on any atom is 0.0642 e. The molecule has 0 amide bonds. The standard InChI is InChI=1S/C8H11Si3/c1-9-11(2)10-8-6-4-3-5-7-8/h3-7H,1-2H3. The van der Waals surface area contributed by atoms with Crippen LogP contribution in [0.4, 0.5) is 0 Å². The predicted molar refractivity (Wildman–Crippen MR) is 55.1 cm³/mol. The van der Waals surface area contributed by atoms with Crippen molar-refractivity contribution in [1.82, 2.24) is 0 Å². The van der Waals surface area contributed by atoms with E-state index in [1.165, 1.54) is 9.04 Å². The third-order valence-corrected chi connectivity index (χ3v) is 10.8. The average Bonchev–Trinajstić information content (AvgIpc) is 2.06. The highest BCUT2D eigenvalue weighted by Gasteiger charge is 2.02. The molecule has 0 unspecified atom stereocenters. The van der Waals surface area contributed by atoms with E-state index >= 15 is 0 Å². The molecule has 1 rings (SSSR count). The second-order valence-electron chi connectivity index (χ2n) is 2.37. The van der Waals surface area contributed by atoms with Crippen LogP contribution in [0.2, 0.25) is 13.1 Å². The molecular weight excluding hydrogens is 180 g/mol. The highest BCUT2D eigenvalue weighted by atomic mass is 29.6. The Hall–Kier alpha value is -0.129. The van der Waals surface area contributed by atoms with Crippen molar-refractivity contribution in [1.29, 1.82) is 0 Å². The lowest BCUT2D eigenvalue weighted by Gasteiger charge is -2.03. The molecule has 0 aliphatic rings. The Balaban J connectivity index is 2.51. The fraction of sp³-hybridized carbons (Fsp3) is 0.250. The smallest absolute Gasteiger partial charge is 0.0642 e. The van der Waals surface area contributed by atoms with Crippen LogP contribution in [0.15, 0.2) is 30.3 Å². The van der Waals surface area contributed by atoms with Crippen molar-refractivity contribution in [2.24, 2.45) is 0 Å². The quantitative estimate of drug-likeness (QED) is 0.623. The van der Waals surface area contributed by atoms with Crippen LogP contribution in [-0.4, -0.2) is 25.9 Å². The zero-order valence-electron chi connectivity index (χ0n) is 6.89. The Morgan fingerprint density at radius 3 is 2.36 bits per heavy atom. The van der Waals surface area contributed by atoms with Gasteiger partial charge in [-0.25, -0.2) is 0 Å². The van der Waals surface area contributed by atoms with Crippen molar-refractivity contribution in [3.05, 3.63) is 30.3 Å². The van der Waals surface area contributed by atoms with E-state index in [1.54, 1.807) is 5.19 Å². The van der Waals surface area contributed by atoms with E-state index in [-0.39, 0.29) is 7.83 Å². The van der Waals surface area contributed by atoms with E-state index in [9.17, 15) is 0 Å². The normalized spacial score (nSPS) is 10.5. The summed E-state index contributed by atoms with van der Waals surface area (Å²) in [6, 6.07) is 10.8. The minimum Gasteiger partial charge on any atom is -0.0758 e. The van der Waals surface area contributed by atoms with Crippen LogP contribution >= 0.6 is 0 Å². The molecule has 0 spiro atoms. The minimum absolute atomic E-state index is 0.0257. The molecule has 0 N–H and O–H groups in total. The van der Waals surface area contributed by atoms with E-state index in [0.29, 0.717) is 0 Å². The molecule has 1 aromatic rings. The molecule has 0 aliphatic carbocycles. The van der Waals surface area contributed by atoms with Crippen LogP contribution in [0.3, 0.4) is 0 Å². The van der Waals surface area contributed by atoms with Crippen LogP contribution in [0.25, 0.3) is 0 Å². The van der Waals surface area contributed by atoms with Crippen LogP contribution in [0.1, 0.15) is 0 Å². The first-order chi connectivity index (χ1) is 5.33. The molecule has 1 aromatic carbocycles. The third-order valence-electron chi connectivity index (χ3n) is 1.48. The average molecular weight is 191 g/mol. The summed E-state index contributed by atoms with van der Waals surface area (Å²) in [7, 11) is 2.24. The van der Waals surface area contributed by atoms with Gasteiger partial charge in [0, 0.05) is 16.9 Å². The zero-order valence-corrected chi connectivity index (χ0v) is 9.89. The summed E-state index contributed by atoms with van der Waals surface area (Å²) in [5, 5.41) is 1.54. The fourth-order valence-corrected chi connectivity index (χ4v) is 6.32. The maximum atomic E-state index is 2.43. The molecule has 0 heterocycles. The SMILES string of the molecule is C[Si][Si](C)[Si]c1ccccc1. The largest absolute Gasteiger partial charge is 0.0758 e. The fourth-order valence-electron chi connectivity index (χ4n) is 0.800. The van der Waals surface area contributed by atoms with E-state index in [0.717, 1.165) is 9.04 Å². The first-order valence-electron chi connectivity index (χ1n) is 3.66. The molecule has 0 aliphatic heterocycles. The summed E-state index contributed by atoms with van der Waals surface area (Å²) < 4.78 is 0. The van der Waals surface area contributed by atoms with Gasteiger partial charge < -0.3 is 0 Å². The molecule has 0 aromatic heterocycles. The molecule has 3 heteroatoms. The second-order valence-corrected chi connectivity index (χ2v) is 13.2. The molecule has 0 saturated carbocycles. The van der Waals surface area contributed by atoms with Gasteiger partial charge in [-0.1, -0.05) is 48.6 Å². The number of benzene rings is 1. The Bertz CT molecular complexity index is 198. The summed E-state index contributed by atoms with van der Waals surface area (Å²) >= 11 is 0. The molecule has 0 bridgehead atoms. The Morgan fingerprint density at radius 2 is 1.82 bits per heavy atom. The first kappa shape index (κ1) is 8.96. The van der Waals surface area contributed by atoms with E-state index < -0.39 is 0 Å². The van der Waals surface area contributed by atoms with Crippen LogP contribution < -0.4 is 5.19 Å². The Morgan fingerprint density at radius 1 is 1.18 bits per heavy atom. The monoisotopic (exact) mass is 191 g/mol. The molecule has 5 radical (unpaired) electrons. The van der Waals surface area contributed by atoms with Gasteiger partial charge in [0.1, 0.15) is 0 Å². The molecule has 0 saturated heterocycles. The summed E-state index contributed by atoms with van der Waals surface area (Å²) in [5.74, 6) is 0. The van der Waals surface area contributed by atoms with Crippen LogP contribution in [0.5, 0.6) is 0 Å². The van der Waals surface area contributed by atoms with Crippen LogP contribution in [0, 0.1) is 0 Å². The van der Waals surface area contributed by atoms with Gasteiger partial charge in [0.05, 0.1) is 9.04 Å². The van der Waals surface area contributed by atoms with Gasteiger partial charge in [-0.3, -0.25) is 0 Å². The first-order valence-corrected chi connectivity index (χ1v) is 10.2. The number of hydrogen-bond acceptors (Lipinski definition) is 0. The van der Waals surface area contributed by atoms with E-state index in [2.05, 4.69) is 43.4 Å². The lowest BCUT2D eigenvalue weighted by Crippen LogP contribution is -2.33. The predicted octanol–water partition coefficient (Wildman–Crippen LogP) is 0.886. The van der Waals surface area contributed by atoms with Gasteiger partial charge in [0.2, 0.25) is 0 Å². The molecule has 0 atom stereocenters. The Labute approximate surface area is 74.9 Å². The lowest BCUT2D eigenvalue weighted by molar-refractivity contribution is 1.77. The van der Waals surface area contributed by atoms with Crippen molar-refractivity contribution < 1.29 is 0 Å². The summed E-state index contributed by atoms with van der Waals surface area (Å²) in [4.78, 5) is 0. The van der Waals surface area contributed by atoms with Gasteiger partial charge in [-0.2, -0.15) is 0 Å². The molecule has 55 valence electrons. The topological polar surface area (TPSA) is 0 Å². The van der Waals surface area contributed by atoms with Crippen molar-refractivity contribution in [2.75, 3.05) is 0 Å². The third kappa shape index (κ3) is 3.18. The molecule has 11 heavy (non-hydrogen) atoms. The summed E-state index contributed by atoms with van der Waals surface area (Å²) in [5.41, 5.74) is 0. The van der Waals surface area contributed by atoms with E-state index in [4.69, 9.17) is 0 Å². The Kier molecular flexibility index (Phi) is 3.82. The lowest BCUT2D eigenvalue weighted by atomic mass is 10.4. The second kappa shape index (κ2) is 4.69. The van der Waals surface area contributed by atoms with Gasteiger partial charge in [0.15, 0.2) is 0 Å². The van der Waals surface area contributed by atoms with Crippen molar-refractivity contribution >= 4 is 31.1 Å². The molecule has 0 fully saturated rings. The van der Waals surface area contributed by atoms with Crippen molar-refractivity contribution in [3.63, 3.8) is 0 Å². The van der Waals surface area contributed by atoms with Gasteiger partial charge in [-0.05, 0) is 0 Å². The van der Waals surface area contributed by atoms with Crippen molar-refractivity contribution in [3.8, 4) is 0 Å². The maximum absolute atomic E-state index is 2.43. The van der Waals surface area contributed by atoms with Crippen molar-refractivity contribution in [2.45, 2.75) is 13.1 Å². The number of hydrogen-bond donors (Lipinski definition) is 0. The van der Waals surface area contributed by atoms with Gasteiger partial charge in [-0.15, -0.1) is 0 Å². The van der Waals surface area contributed by atoms with Gasteiger partial charge >= 0.3 is 0 Å². The molecular formula is C8H11Si3. The number of rotatable bonds is 3. The van der Waals surface area contributed by atoms with E-state index in [1.807, 2.05) is 0 Å².